The van der Waals surface area contributed by atoms with Gasteiger partial charge in [0.15, 0.2) is 0 Å². The maximum absolute atomic E-state index is 11.9. The van der Waals surface area contributed by atoms with Gasteiger partial charge in [-0.05, 0) is 26.7 Å². The highest BCUT2D eigenvalue weighted by atomic mass is 16.5. The molecule has 0 amide bonds. The minimum atomic E-state index is -0.124. The normalized spacial score (nSPS) is 14.0. The van der Waals surface area contributed by atoms with Crippen LogP contribution in [-0.2, 0) is 9.53 Å². The van der Waals surface area contributed by atoms with Crippen LogP contribution >= 0.6 is 0 Å². The summed E-state index contributed by atoms with van der Waals surface area (Å²) < 4.78 is 5.16. The molecule has 0 aliphatic rings. The van der Waals surface area contributed by atoms with Crippen LogP contribution in [0.4, 0.5) is 0 Å². The molecule has 0 saturated heterocycles. The number of hydrogen-bond acceptors (Lipinski definition) is 3. The van der Waals surface area contributed by atoms with E-state index in [2.05, 4.69) is 26.1 Å². The Morgan fingerprint density at radius 3 is 2.15 bits per heavy atom. The van der Waals surface area contributed by atoms with E-state index in [0.717, 1.165) is 19.3 Å². The van der Waals surface area contributed by atoms with Crippen LogP contribution in [0.25, 0.3) is 0 Å². The van der Waals surface area contributed by atoms with Gasteiger partial charge < -0.3 is 10.1 Å². The van der Waals surface area contributed by atoms with E-state index in [1.165, 1.54) is 38.5 Å². The topological polar surface area (TPSA) is 38.3 Å². The number of hydrogen-bond donors (Lipinski definition) is 1. The maximum atomic E-state index is 11.9. The highest BCUT2D eigenvalue weighted by molar-refractivity contribution is 5.75. The summed E-state index contributed by atoms with van der Waals surface area (Å²) in [6.07, 6.45) is 10.9. The summed E-state index contributed by atoms with van der Waals surface area (Å²) in [4.78, 5) is 11.9. The first-order chi connectivity index (χ1) is 9.65. The van der Waals surface area contributed by atoms with E-state index < -0.39 is 0 Å². The van der Waals surface area contributed by atoms with E-state index in [1.807, 2.05) is 6.92 Å². The number of carbonyl (C=O) groups is 1. The van der Waals surface area contributed by atoms with Crippen molar-refractivity contribution in [2.75, 3.05) is 6.61 Å². The Balaban J connectivity index is 3.88. The maximum Gasteiger partial charge on any atom is 0.323 e. The fourth-order valence-corrected chi connectivity index (χ4v) is 2.28. The van der Waals surface area contributed by atoms with Crippen molar-refractivity contribution in [2.24, 2.45) is 0 Å². The first-order valence-corrected chi connectivity index (χ1v) is 8.58. The minimum Gasteiger partial charge on any atom is -0.465 e. The molecule has 0 aromatic rings. The van der Waals surface area contributed by atoms with Crippen LogP contribution in [0.1, 0.15) is 85.5 Å². The average molecular weight is 285 g/mol. The van der Waals surface area contributed by atoms with Crippen LogP contribution < -0.4 is 5.32 Å². The quantitative estimate of drug-likeness (QED) is 0.401. The summed E-state index contributed by atoms with van der Waals surface area (Å²) in [5.41, 5.74) is 0. The second kappa shape index (κ2) is 13.4. The van der Waals surface area contributed by atoms with E-state index >= 15 is 0 Å². The molecule has 120 valence electrons. The van der Waals surface area contributed by atoms with E-state index in [4.69, 9.17) is 4.74 Å². The van der Waals surface area contributed by atoms with Gasteiger partial charge in [0.25, 0.3) is 0 Å². The third-order valence-corrected chi connectivity index (χ3v) is 3.77. The van der Waals surface area contributed by atoms with Crippen LogP contribution in [0, 0.1) is 0 Å². The molecule has 0 saturated carbocycles. The van der Waals surface area contributed by atoms with Crippen molar-refractivity contribution in [1.82, 2.24) is 5.32 Å². The van der Waals surface area contributed by atoms with E-state index in [0.29, 0.717) is 12.6 Å². The summed E-state index contributed by atoms with van der Waals surface area (Å²) in [5, 5.41) is 3.39. The third-order valence-electron chi connectivity index (χ3n) is 3.77. The molecule has 3 nitrogen and oxygen atoms in total. The lowest BCUT2D eigenvalue weighted by molar-refractivity contribution is -0.146. The van der Waals surface area contributed by atoms with Crippen LogP contribution in [-0.4, -0.2) is 24.7 Å². The van der Waals surface area contributed by atoms with Gasteiger partial charge in [-0.2, -0.15) is 0 Å². The lowest BCUT2D eigenvalue weighted by atomic mass is 10.0. The van der Waals surface area contributed by atoms with Crippen LogP contribution in [0.15, 0.2) is 0 Å². The third kappa shape index (κ3) is 10.2. The zero-order valence-corrected chi connectivity index (χ0v) is 14.0. The zero-order valence-electron chi connectivity index (χ0n) is 14.0. The number of rotatable bonds is 13. The Bertz CT molecular complexity index is 231. The second-order valence-electron chi connectivity index (χ2n) is 5.69. The summed E-state index contributed by atoms with van der Waals surface area (Å²) in [6.45, 7) is 8.83. The molecule has 2 atom stereocenters. The molecule has 0 radical (unpaired) electrons. The van der Waals surface area contributed by atoms with Crippen LogP contribution in [0.3, 0.4) is 0 Å². The van der Waals surface area contributed by atoms with Crippen LogP contribution in [0.5, 0.6) is 0 Å². The molecule has 0 heterocycles. The van der Waals surface area contributed by atoms with Gasteiger partial charge in [0.1, 0.15) is 6.04 Å². The number of esters is 1. The van der Waals surface area contributed by atoms with Crippen molar-refractivity contribution in [1.29, 1.82) is 0 Å². The van der Waals surface area contributed by atoms with E-state index in [9.17, 15) is 4.79 Å². The molecule has 2 unspecified atom stereocenters. The molecule has 0 aliphatic carbocycles. The van der Waals surface area contributed by atoms with Crippen molar-refractivity contribution in [3.63, 3.8) is 0 Å². The Hall–Kier alpha value is -0.570. The monoisotopic (exact) mass is 285 g/mol. The first-order valence-electron chi connectivity index (χ1n) is 8.58. The Morgan fingerprint density at radius 1 is 1.00 bits per heavy atom. The molecule has 0 aliphatic heterocycles. The fraction of sp³-hybridized carbons (Fsp3) is 0.941. The van der Waals surface area contributed by atoms with Gasteiger partial charge >= 0.3 is 5.97 Å². The van der Waals surface area contributed by atoms with Gasteiger partial charge in [-0.15, -0.1) is 0 Å². The smallest absolute Gasteiger partial charge is 0.323 e. The fourth-order valence-electron chi connectivity index (χ4n) is 2.28. The van der Waals surface area contributed by atoms with Crippen LogP contribution in [0.2, 0.25) is 0 Å². The number of nitrogens with one attached hydrogen (secondary N) is 1. The predicted octanol–water partition coefficient (Wildman–Crippen LogP) is 4.45. The first kappa shape index (κ1) is 19.4. The van der Waals surface area contributed by atoms with Gasteiger partial charge in [0.05, 0.1) is 6.61 Å². The Labute approximate surface area is 125 Å². The number of ether oxygens (including phenoxy) is 1. The van der Waals surface area contributed by atoms with Gasteiger partial charge in [-0.25, -0.2) is 0 Å². The lowest BCUT2D eigenvalue weighted by Crippen LogP contribution is -2.42. The highest BCUT2D eigenvalue weighted by Gasteiger charge is 2.20. The summed E-state index contributed by atoms with van der Waals surface area (Å²) >= 11 is 0. The van der Waals surface area contributed by atoms with Crippen molar-refractivity contribution in [2.45, 2.75) is 97.6 Å². The molecule has 0 aromatic carbocycles. The van der Waals surface area contributed by atoms with Gasteiger partial charge in [0, 0.05) is 6.04 Å². The second-order valence-corrected chi connectivity index (χ2v) is 5.69. The predicted molar refractivity (Wildman–Crippen MR) is 85.9 cm³/mol. The standard InChI is InChI=1S/C17H35NO2/c1-5-8-9-10-11-12-13-14-16(17(19)20-7-3)18-15(4)6-2/h15-16,18H,5-14H2,1-4H3. The molecule has 0 spiro atoms. The van der Waals surface area contributed by atoms with Crippen molar-refractivity contribution < 1.29 is 9.53 Å². The zero-order chi connectivity index (χ0) is 15.2. The molecule has 3 heteroatoms. The molecule has 0 rings (SSSR count). The van der Waals surface area contributed by atoms with Gasteiger partial charge in [-0.3, -0.25) is 4.79 Å². The van der Waals surface area contributed by atoms with E-state index in [-0.39, 0.29) is 12.0 Å². The molecule has 0 aromatic heterocycles. The number of unbranched alkanes of at least 4 members (excludes halogenated alkanes) is 6. The van der Waals surface area contributed by atoms with Gasteiger partial charge in [0.2, 0.25) is 0 Å². The van der Waals surface area contributed by atoms with Crippen molar-refractivity contribution in [3.8, 4) is 0 Å². The average Bonchev–Trinajstić information content (AvgIpc) is 2.45. The van der Waals surface area contributed by atoms with Gasteiger partial charge in [-0.1, -0.05) is 58.8 Å². The minimum absolute atomic E-state index is 0.0845. The molecular formula is C17H35NO2. The van der Waals surface area contributed by atoms with E-state index in [1.54, 1.807) is 0 Å². The molecule has 20 heavy (non-hydrogen) atoms. The Morgan fingerprint density at radius 2 is 1.60 bits per heavy atom. The Kier molecular flexibility index (Phi) is 13.0. The molecular weight excluding hydrogens is 250 g/mol. The largest absolute Gasteiger partial charge is 0.465 e. The molecule has 0 fully saturated rings. The number of carbonyl (C=O) groups excluding carboxylic acids is 1. The molecule has 1 N–H and O–H groups in total. The highest BCUT2D eigenvalue weighted by Crippen LogP contribution is 2.11. The molecule has 0 bridgehead atoms. The summed E-state index contributed by atoms with van der Waals surface area (Å²) in [6, 6.07) is 0.245. The van der Waals surface area contributed by atoms with Crippen molar-refractivity contribution >= 4 is 5.97 Å². The van der Waals surface area contributed by atoms with Crippen molar-refractivity contribution in [3.05, 3.63) is 0 Å². The summed E-state index contributed by atoms with van der Waals surface area (Å²) in [5.74, 6) is -0.0845. The summed E-state index contributed by atoms with van der Waals surface area (Å²) in [7, 11) is 0. The lowest BCUT2D eigenvalue weighted by Gasteiger charge is -2.21. The SMILES string of the molecule is CCCCCCCCCC(NC(C)CC)C(=O)OCC.